The van der Waals surface area contributed by atoms with Crippen LogP contribution >= 0.6 is 0 Å². The molecule has 0 unspecified atom stereocenters. The Hall–Kier alpha value is -5.40. The molecule has 7 aromatic rings. The van der Waals surface area contributed by atoms with Crippen LogP contribution in [0.3, 0.4) is 0 Å². The minimum atomic E-state index is 1.04. The van der Waals surface area contributed by atoms with Crippen molar-refractivity contribution in [2.24, 2.45) is 0 Å². The summed E-state index contributed by atoms with van der Waals surface area (Å²) >= 11 is 0. The zero-order chi connectivity index (χ0) is 31.4. The molecule has 0 radical (unpaired) electrons. The highest BCUT2D eigenvalue weighted by Gasteiger charge is 2.24. The number of H-pyrrole nitrogens is 1. The smallest absolute Gasteiger partial charge is 0.0547 e. The summed E-state index contributed by atoms with van der Waals surface area (Å²) in [6, 6.07) is 35.6. The molecular weight excluding hydrogens is 555 g/mol. The fraction of sp³-hybridized carbons (Fsp3) is 0.111. The molecule has 8 rings (SSSR count). The van der Waals surface area contributed by atoms with Crippen molar-refractivity contribution in [1.29, 1.82) is 0 Å². The molecular formula is C45H37N. The summed E-state index contributed by atoms with van der Waals surface area (Å²) in [4.78, 5) is 3.89. The molecule has 0 spiro atoms. The lowest BCUT2D eigenvalue weighted by atomic mass is 9.81. The summed E-state index contributed by atoms with van der Waals surface area (Å²) in [5.41, 5.74) is 16.4. The molecule has 0 saturated heterocycles. The van der Waals surface area contributed by atoms with E-state index < -0.39 is 0 Å². The summed E-state index contributed by atoms with van der Waals surface area (Å²) in [7, 11) is 0. The van der Waals surface area contributed by atoms with Crippen LogP contribution < -0.4 is 0 Å². The topological polar surface area (TPSA) is 15.8 Å². The molecule has 0 fully saturated rings. The summed E-state index contributed by atoms with van der Waals surface area (Å²) in [5, 5.41) is 6.43. The summed E-state index contributed by atoms with van der Waals surface area (Å²) in [6.45, 7) is 11.0. The number of aromatic amines is 1. The predicted molar refractivity (Wildman–Crippen MR) is 201 cm³/mol. The maximum atomic E-state index is 4.32. The quantitative estimate of drug-likeness (QED) is 0.205. The molecule has 0 saturated carbocycles. The average Bonchev–Trinajstić information content (AvgIpc) is 3.49. The second-order valence-electron chi connectivity index (χ2n) is 12.5. The van der Waals surface area contributed by atoms with Crippen molar-refractivity contribution in [3.8, 4) is 33.4 Å². The van der Waals surface area contributed by atoms with E-state index in [0.29, 0.717) is 0 Å². The molecule has 0 aliphatic heterocycles. The van der Waals surface area contributed by atoms with Gasteiger partial charge in [-0.3, -0.25) is 0 Å². The molecule has 0 atom stereocenters. The lowest BCUT2D eigenvalue weighted by molar-refractivity contribution is 0.992. The van der Waals surface area contributed by atoms with Gasteiger partial charge in [0, 0.05) is 16.5 Å². The highest BCUT2D eigenvalue weighted by Crippen LogP contribution is 2.47. The molecule has 1 heterocycles. The number of aryl methyl sites for hydroxylation is 2. The Morgan fingerprint density at radius 3 is 2.28 bits per heavy atom. The Morgan fingerprint density at radius 1 is 0.696 bits per heavy atom. The van der Waals surface area contributed by atoms with Gasteiger partial charge in [-0.25, -0.2) is 0 Å². The third kappa shape index (κ3) is 4.38. The highest BCUT2D eigenvalue weighted by molar-refractivity contribution is 6.18. The van der Waals surface area contributed by atoms with Gasteiger partial charge in [-0.15, -0.1) is 0 Å². The number of rotatable bonds is 5. The van der Waals surface area contributed by atoms with Crippen LogP contribution in [0.25, 0.3) is 84.1 Å². The first-order valence-electron chi connectivity index (χ1n) is 16.3. The van der Waals surface area contributed by atoms with E-state index in [0.717, 1.165) is 12.8 Å². The van der Waals surface area contributed by atoms with Gasteiger partial charge in [0.1, 0.15) is 0 Å². The van der Waals surface area contributed by atoms with Gasteiger partial charge in [-0.2, -0.15) is 0 Å². The third-order valence-corrected chi connectivity index (χ3v) is 9.95. The minimum absolute atomic E-state index is 1.04. The van der Waals surface area contributed by atoms with Crippen LogP contribution in [-0.4, -0.2) is 4.98 Å². The fourth-order valence-electron chi connectivity index (χ4n) is 7.69. The van der Waals surface area contributed by atoms with E-state index in [1.54, 1.807) is 0 Å². The van der Waals surface area contributed by atoms with Crippen LogP contribution in [0, 0.1) is 13.8 Å². The zero-order valence-corrected chi connectivity index (χ0v) is 26.7. The number of hydrogen-bond acceptors (Lipinski definition) is 0. The van der Waals surface area contributed by atoms with Crippen molar-refractivity contribution in [3.05, 3.63) is 149 Å². The zero-order valence-electron chi connectivity index (χ0n) is 26.7. The second-order valence-corrected chi connectivity index (χ2v) is 12.5. The molecule has 0 amide bonds. The molecule has 46 heavy (non-hydrogen) atoms. The van der Waals surface area contributed by atoms with E-state index >= 15 is 0 Å². The van der Waals surface area contributed by atoms with Gasteiger partial charge in [0.25, 0.3) is 0 Å². The SMILES string of the molecule is C=Cc1c(-c2ccc3ccccc3c2)cc(-c2c(C)c3cc(-c4ccccc4)ccc3c3[nH]c4c(c23)CCC=C4)c(C)c1/C=C\C. The van der Waals surface area contributed by atoms with Gasteiger partial charge < -0.3 is 4.98 Å². The van der Waals surface area contributed by atoms with E-state index in [-0.39, 0.29) is 0 Å². The predicted octanol–water partition coefficient (Wildman–Crippen LogP) is 12.7. The molecule has 1 aliphatic rings. The summed E-state index contributed by atoms with van der Waals surface area (Å²) in [5.74, 6) is 0. The van der Waals surface area contributed by atoms with E-state index in [2.05, 4.69) is 154 Å². The van der Waals surface area contributed by atoms with Gasteiger partial charge in [-0.1, -0.05) is 110 Å². The van der Waals surface area contributed by atoms with Crippen LogP contribution in [-0.2, 0) is 6.42 Å². The summed E-state index contributed by atoms with van der Waals surface area (Å²) < 4.78 is 0. The maximum Gasteiger partial charge on any atom is 0.0547 e. The van der Waals surface area contributed by atoms with E-state index in [9.17, 15) is 0 Å². The molecule has 0 bridgehead atoms. The van der Waals surface area contributed by atoms with Gasteiger partial charge in [-0.05, 0) is 135 Å². The lowest BCUT2D eigenvalue weighted by Crippen LogP contribution is -1.99. The van der Waals surface area contributed by atoms with Crippen LogP contribution in [0.15, 0.2) is 116 Å². The first-order chi connectivity index (χ1) is 22.6. The van der Waals surface area contributed by atoms with Crippen LogP contribution in [0.4, 0.5) is 0 Å². The number of aromatic nitrogens is 1. The van der Waals surface area contributed by atoms with Crippen molar-refractivity contribution in [2.45, 2.75) is 33.6 Å². The Bertz CT molecular complexity index is 2390. The van der Waals surface area contributed by atoms with Gasteiger partial charge >= 0.3 is 0 Å². The molecule has 1 N–H and O–H groups in total. The molecule has 6 aromatic carbocycles. The van der Waals surface area contributed by atoms with Crippen LogP contribution in [0.5, 0.6) is 0 Å². The average molecular weight is 592 g/mol. The van der Waals surface area contributed by atoms with Gasteiger partial charge in [0.15, 0.2) is 0 Å². The van der Waals surface area contributed by atoms with Crippen molar-refractivity contribution < 1.29 is 0 Å². The van der Waals surface area contributed by atoms with Gasteiger partial charge in [0.2, 0.25) is 0 Å². The van der Waals surface area contributed by atoms with Crippen molar-refractivity contribution >= 4 is 50.7 Å². The number of fused-ring (bicyclic) bond motifs is 6. The highest BCUT2D eigenvalue weighted by atomic mass is 14.7. The number of benzene rings is 6. The molecule has 1 nitrogen and oxygen atoms in total. The molecule has 1 aliphatic carbocycles. The molecule has 222 valence electrons. The second kappa shape index (κ2) is 11.2. The standard InChI is InChI=1S/C45H37N/c1-5-14-36-28(3)40(27-41(35(36)6-2)34-22-21-31-17-10-11-18-32(31)25-34)43-29(4)39-26-33(30-15-8-7-9-16-30)23-24-37(39)45-44(43)38-19-12-13-20-42(38)46-45/h5-11,13-18,20-27,46H,2,12,19H2,1,3-4H3/b14-5-. The van der Waals surface area contributed by atoms with Crippen molar-refractivity contribution in [3.63, 3.8) is 0 Å². The molecule has 1 aromatic heterocycles. The first kappa shape index (κ1) is 28.1. The van der Waals surface area contributed by atoms with Crippen molar-refractivity contribution in [1.82, 2.24) is 4.98 Å². The van der Waals surface area contributed by atoms with Crippen LogP contribution in [0.1, 0.15) is 46.9 Å². The van der Waals surface area contributed by atoms with E-state index in [1.807, 2.05) is 6.08 Å². The van der Waals surface area contributed by atoms with Crippen molar-refractivity contribution in [2.75, 3.05) is 0 Å². The van der Waals surface area contributed by atoms with E-state index in [1.165, 1.54) is 99.3 Å². The normalized spacial score (nSPS) is 12.8. The summed E-state index contributed by atoms with van der Waals surface area (Å²) in [6.07, 6.45) is 13.1. The van der Waals surface area contributed by atoms with E-state index in [4.69, 9.17) is 0 Å². The van der Waals surface area contributed by atoms with Gasteiger partial charge in [0.05, 0.1) is 5.52 Å². The first-order valence-corrected chi connectivity index (χ1v) is 16.3. The lowest BCUT2D eigenvalue weighted by Gasteiger charge is -2.22. The number of hydrogen-bond donors (Lipinski definition) is 1. The Kier molecular flexibility index (Phi) is 6.84. The Labute approximate surface area is 271 Å². The third-order valence-electron chi connectivity index (χ3n) is 9.95. The Balaban J connectivity index is 1.50. The van der Waals surface area contributed by atoms with Crippen LogP contribution in [0.2, 0.25) is 0 Å². The fourth-order valence-corrected chi connectivity index (χ4v) is 7.69. The largest absolute Gasteiger partial charge is 0.354 e. The molecule has 1 heteroatoms. The minimum Gasteiger partial charge on any atom is -0.354 e. The monoisotopic (exact) mass is 591 g/mol. The Morgan fingerprint density at radius 2 is 1.48 bits per heavy atom. The number of allylic oxidation sites excluding steroid dienone is 2. The number of nitrogens with one attached hydrogen (secondary N) is 1. The maximum absolute atomic E-state index is 4.32.